The molecule has 12 heteroatoms. The van der Waals surface area contributed by atoms with E-state index >= 15 is 0 Å². The first-order valence-electron chi connectivity index (χ1n) is 12.3. The summed E-state index contributed by atoms with van der Waals surface area (Å²) in [6, 6.07) is 8.85. The lowest BCUT2D eigenvalue weighted by Gasteiger charge is -2.31. The Bertz CT molecular complexity index is 1310. The molecular weight excluding hydrogens is 508 g/mol. The number of hydrogen-bond acceptors (Lipinski definition) is 8. The summed E-state index contributed by atoms with van der Waals surface area (Å²) in [5.41, 5.74) is 2.53. The monoisotopic (exact) mass is 538 g/mol. The van der Waals surface area contributed by atoms with E-state index in [-0.39, 0.29) is 24.1 Å². The molecule has 2 N–H and O–H groups in total. The number of hydrogen-bond donors (Lipinski definition) is 2. The number of piperidine rings is 1. The maximum absolute atomic E-state index is 13.2. The van der Waals surface area contributed by atoms with Gasteiger partial charge in [-0.3, -0.25) is 19.2 Å². The summed E-state index contributed by atoms with van der Waals surface area (Å²) in [7, 11) is 1.23. The summed E-state index contributed by atoms with van der Waals surface area (Å²) in [6.45, 7) is 4.31. The summed E-state index contributed by atoms with van der Waals surface area (Å²) in [4.78, 5) is 55.4. The zero-order valence-corrected chi connectivity index (χ0v) is 22.3. The van der Waals surface area contributed by atoms with Crippen LogP contribution in [0.2, 0.25) is 0 Å². The van der Waals surface area contributed by atoms with E-state index in [9.17, 15) is 19.2 Å². The maximum atomic E-state index is 13.2. The molecule has 0 radical (unpaired) electrons. The molecule has 4 rings (SSSR count). The van der Waals surface area contributed by atoms with Gasteiger partial charge >= 0.3 is 5.97 Å². The van der Waals surface area contributed by atoms with Crippen LogP contribution in [0.4, 0.5) is 0 Å². The van der Waals surface area contributed by atoms with Gasteiger partial charge in [0.1, 0.15) is 18.3 Å². The predicted octanol–water partition coefficient (Wildman–Crippen LogP) is 2.06. The zero-order chi connectivity index (χ0) is 27.2. The van der Waals surface area contributed by atoms with Crippen LogP contribution in [-0.4, -0.2) is 76.1 Å². The summed E-state index contributed by atoms with van der Waals surface area (Å²) >= 11 is 1.40. The van der Waals surface area contributed by atoms with E-state index < -0.39 is 23.8 Å². The number of likely N-dealkylation sites (tertiary alicyclic amines) is 1. The minimum atomic E-state index is -0.846. The SMILES string of the molecule is COC(=O)CNC(=O)C(C)NC(=O)c1csc(C2CCN(C(=O)c3cnn(-c4ccccc4)c3C)CC2)n1. The molecular formula is C26H30N6O5S. The molecule has 3 heterocycles. The molecule has 200 valence electrons. The smallest absolute Gasteiger partial charge is 0.325 e. The number of thiazole rings is 1. The minimum Gasteiger partial charge on any atom is -0.468 e. The van der Waals surface area contributed by atoms with Crippen molar-refractivity contribution in [2.45, 2.75) is 38.6 Å². The van der Waals surface area contributed by atoms with Crippen LogP contribution in [0.25, 0.3) is 5.69 Å². The fourth-order valence-electron chi connectivity index (χ4n) is 4.25. The van der Waals surface area contributed by atoms with Gasteiger partial charge in [0.25, 0.3) is 11.8 Å². The lowest BCUT2D eigenvalue weighted by atomic mass is 9.97. The molecule has 1 aliphatic heterocycles. The largest absolute Gasteiger partial charge is 0.468 e. The van der Waals surface area contributed by atoms with Gasteiger partial charge in [0.2, 0.25) is 5.91 Å². The highest BCUT2D eigenvalue weighted by Crippen LogP contribution is 2.31. The summed E-state index contributed by atoms with van der Waals surface area (Å²) in [6.07, 6.45) is 3.09. The van der Waals surface area contributed by atoms with Crippen molar-refractivity contribution in [1.29, 1.82) is 0 Å². The number of ether oxygens (including phenoxy) is 1. The van der Waals surface area contributed by atoms with E-state index in [2.05, 4.69) is 25.5 Å². The summed E-state index contributed by atoms with van der Waals surface area (Å²) in [5.74, 6) is -1.44. The second-order valence-corrected chi connectivity index (χ2v) is 9.91. The average molecular weight is 539 g/mol. The molecule has 2 aromatic heterocycles. The van der Waals surface area contributed by atoms with Crippen LogP contribution in [0.1, 0.15) is 57.2 Å². The van der Waals surface area contributed by atoms with Crippen LogP contribution in [0, 0.1) is 6.92 Å². The number of methoxy groups -OCH3 is 1. The van der Waals surface area contributed by atoms with Crippen molar-refractivity contribution in [3.05, 3.63) is 63.9 Å². The van der Waals surface area contributed by atoms with E-state index in [0.29, 0.717) is 18.7 Å². The minimum absolute atomic E-state index is 0.0400. The topological polar surface area (TPSA) is 136 Å². The Hall–Kier alpha value is -4.06. The van der Waals surface area contributed by atoms with Gasteiger partial charge in [0.05, 0.1) is 35.3 Å². The Balaban J connectivity index is 1.30. The molecule has 1 aromatic carbocycles. The van der Waals surface area contributed by atoms with Crippen molar-refractivity contribution < 1.29 is 23.9 Å². The van der Waals surface area contributed by atoms with Gasteiger partial charge in [-0.15, -0.1) is 11.3 Å². The Morgan fingerprint density at radius 2 is 1.87 bits per heavy atom. The quantitative estimate of drug-likeness (QED) is 0.419. The first-order chi connectivity index (χ1) is 18.3. The number of nitrogens with zero attached hydrogens (tertiary/aromatic N) is 4. The Labute approximate surface area is 224 Å². The number of para-hydroxylation sites is 1. The van der Waals surface area contributed by atoms with Crippen LogP contribution < -0.4 is 10.6 Å². The van der Waals surface area contributed by atoms with Gasteiger partial charge in [-0.1, -0.05) is 18.2 Å². The molecule has 1 saturated heterocycles. The fourth-order valence-corrected chi connectivity index (χ4v) is 5.22. The predicted molar refractivity (Wildman–Crippen MR) is 140 cm³/mol. The van der Waals surface area contributed by atoms with Gasteiger partial charge in [-0.2, -0.15) is 5.10 Å². The Kier molecular flexibility index (Phi) is 8.52. The van der Waals surface area contributed by atoms with Gasteiger partial charge < -0.3 is 20.3 Å². The van der Waals surface area contributed by atoms with Crippen LogP contribution >= 0.6 is 11.3 Å². The van der Waals surface area contributed by atoms with Crippen molar-refractivity contribution in [1.82, 2.24) is 30.3 Å². The molecule has 0 bridgehead atoms. The van der Waals surface area contributed by atoms with E-state index in [0.717, 1.165) is 29.2 Å². The van der Waals surface area contributed by atoms with Crippen LogP contribution in [0.15, 0.2) is 41.9 Å². The molecule has 0 saturated carbocycles. The molecule has 1 fully saturated rings. The van der Waals surface area contributed by atoms with Gasteiger partial charge in [-0.05, 0) is 38.8 Å². The van der Waals surface area contributed by atoms with Gasteiger partial charge in [0, 0.05) is 24.4 Å². The highest BCUT2D eigenvalue weighted by molar-refractivity contribution is 7.09. The third-order valence-corrected chi connectivity index (χ3v) is 7.51. The molecule has 0 aliphatic carbocycles. The van der Waals surface area contributed by atoms with E-state index in [1.807, 2.05) is 42.2 Å². The van der Waals surface area contributed by atoms with E-state index in [4.69, 9.17) is 0 Å². The van der Waals surface area contributed by atoms with E-state index in [1.165, 1.54) is 25.4 Å². The third kappa shape index (κ3) is 6.08. The highest BCUT2D eigenvalue weighted by Gasteiger charge is 2.29. The number of esters is 1. The molecule has 11 nitrogen and oxygen atoms in total. The second-order valence-electron chi connectivity index (χ2n) is 9.02. The first-order valence-corrected chi connectivity index (χ1v) is 13.2. The van der Waals surface area contributed by atoms with Crippen molar-refractivity contribution >= 4 is 35.0 Å². The number of nitrogens with one attached hydrogen (secondary N) is 2. The van der Waals surface area contributed by atoms with Crippen molar-refractivity contribution in [3.8, 4) is 5.69 Å². The molecule has 0 spiro atoms. The number of aromatic nitrogens is 3. The number of rotatable bonds is 8. The number of carbonyl (C=O) groups is 4. The van der Waals surface area contributed by atoms with Crippen LogP contribution in [0.3, 0.4) is 0 Å². The van der Waals surface area contributed by atoms with Gasteiger partial charge in [-0.25, -0.2) is 9.67 Å². The lowest BCUT2D eigenvalue weighted by molar-refractivity contribution is -0.141. The molecule has 3 aromatic rings. The number of benzene rings is 1. The number of amides is 3. The standard InChI is InChI=1S/C26H30N6O5S/c1-16(23(34)27-14-22(33)37-3)29-24(35)21-15-38-25(30-21)18-9-11-31(12-10-18)26(36)20-13-28-32(17(20)2)19-7-5-4-6-8-19/h4-8,13,15-16,18H,9-12,14H2,1-3H3,(H,27,34)(H,29,35). The van der Waals surface area contributed by atoms with Crippen molar-refractivity contribution in [2.75, 3.05) is 26.7 Å². The highest BCUT2D eigenvalue weighted by atomic mass is 32.1. The summed E-state index contributed by atoms with van der Waals surface area (Å²) < 4.78 is 6.25. The molecule has 1 aliphatic rings. The summed E-state index contributed by atoms with van der Waals surface area (Å²) in [5, 5.41) is 11.9. The second kappa shape index (κ2) is 12.0. The molecule has 38 heavy (non-hydrogen) atoms. The third-order valence-electron chi connectivity index (χ3n) is 6.50. The normalized spacial score (nSPS) is 14.6. The number of carbonyl (C=O) groups excluding carboxylic acids is 4. The van der Waals surface area contributed by atoms with Crippen LogP contribution in [-0.2, 0) is 14.3 Å². The average Bonchev–Trinajstić information content (AvgIpc) is 3.59. The molecule has 1 atom stereocenters. The maximum Gasteiger partial charge on any atom is 0.325 e. The van der Waals surface area contributed by atoms with Crippen molar-refractivity contribution in [2.24, 2.45) is 0 Å². The zero-order valence-electron chi connectivity index (χ0n) is 21.5. The first kappa shape index (κ1) is 27.0. The van der Waals surface area contributed by atoms with Crippen molar-refractivity contribution in [3.63, 3.8) is 0 Å². The Morgan fingerprint density at radius 1 is 1.16 bits per heavy atom. The van der Waals surface area contributed by atoms with Crippen LogP contribution in [0.5, 0.6) is 0 Å². The fraction of sp³-hybridized carbons (Fsp3) is 0.385. The molecule has 1 unspecified atom stereocenters. The van der Waals surface area contributed by atoms with E-state index in [1.54, 1.807) is 16.3 Å². The Morgan fingerprint density at radius 3 is 2.55 bits per heavy atom. The lowest BCUT2D eigenvalue weighted by Crippen LogP contribution is -2.46. The van der Waals surface area contributed by atoms with Gasteiger partial charge in [0.15, 0.2) is 0 Å². The molecule has 3 amide bonds.